The number of anilines is 1. The van der Waals surface area contributed by atoms with Crippen molar-refractivity contribution in [3.05, 3.63) is 29.6 Å². The lowest BCUT2D eigenvalue weighted by molar-refractivity contribution is 0.0455. The Kier molecular flexibility index (Phi) is 3.66. The molecule has 1 aromatic carbocycles. The Morgan fingerprint density at radius 3 is 2.73 bits per heavy atom. The van der Waals surface area contributed by atoms with Crippen molar-refractivity contribution in [2.75, 3.05) is 12.3 Å². The van der Waals surface area contributed by atoms with Gasteiger partial charge in [0.15, 0.2) is 0 Å². The van der Waals surface area contributed by atoms with Gasteiger partial charge in [-0.1, -0.05) is 19.9 Å². The normalized spacial score (nSPS) is 10.4. The first-order valence-corrected chi connectivity index (χ1v) is 4.73. The van der Waals surface area contributed by atoms with Crippen LogP contribution in [0.2, 0.25) is 0 Å². The maximum absolute atomic E-state index is 13.2. The molecule has 3 nitrogen and oxygen atoms in total. The number of nitrogen functional groups attached to an aromatic ring is 1. The molecule has 0 radical (unpaired) electrons. The fraction of sp³-hybridized carbons (Fsp3) is 0.364. The fourth-order valence-corrected chi connectivity index (χ4v) is 1.07. The van der Waals surface area contributed by atoms with Crippen LogP contribution in [0.25, 0.3) is 0 Å². The molecule has 0 aliphatic heterocycles. The summed E-state index contributed by atoms with van der Waals surface area (Å²) in [6, 6.07) is 4.10. The van der Waals surface area contributed by atoms with Crippen molar-refractivity contribution in [3.8, 4) is 0 Å². The summed E-state index contributed by atoms with van der Waals surface area (Å²) in [5.41, 5.74) is 5.41. The first kappa shape index (κ1) is 11.5. The van der Waals surface area contributed by atoms with E-state index in [1.165, 1.54) is 18.2 Å². The molecule has 0 saturated carbocycles. The van der Waals surface area contributed by atoms with Gasteiger partial charge in [-0.25, -0.2) is 9.18 Å². The van der Waals surface area contributed by atoms with Crippen LogP contribution in [0.5, 0.6) is 0 Å². The number of carbonyl (C=O) groups excluding carboxylic acids is 1. The van der Waals surface area contributed by atoms with E-state index < -0.39 is 11.8 Å². The molecule has 0 aliphatic rings. The maximum Gasteiger partial charge on any atom is 0.343 e. The lowest BCUT2D eigenvalue weighted by Crippen LogP contribution is -2.13. The van der Waals surface area contributed by atoms with Crippen LogP contribution in [0.4, 0.5) is 10.1 Å². The van der Waals surface area contributed by atoms with E-state index in [1.54, 1.807) is 0 Å². The van der Waals surface area contributed by atoms with Gasteiger partial charge in [-0.2, -0.15) is 0 Å². The topological polar surface area (TPSA) is 52.3 Å². The number of hydrogen-bond acceptors (Lipinski definition) is 3. The molecule has 0 atom stereocenters. The van der Waals surface area contributed by atoms with Gasteiger partial charge in [-0.3, -0.25) is 0 Å². The van der Waals surface area contributed by atoms with E-state index in [-0.39, 0.29) is 23.8 Å². The molecule has 0 bridgehead atoms. The number of ether oxygens (including phenoxy) is 1. The zero-order valence-corrected chi connectivity index (χ0v) is 8.79. The van der Waals surface area contributed by atoms with Crippen molar-refractivity contribution >= 4 is 11.7 Å². The van der Waals surface area contributed by atoms with Gasteiger partial charge in [-0.05, 0) is 18.1 Å². The second kappa shape index (κ2) is 4.77. The highest BCUT2D eigenvalue weighted by Gasteiger charge is 2.16. The Morgan fingerprint density at radius 1 is 1.53 bits per heavy atom. The van der Waals surface area contributed by atoms with E-state index in [1.807, 2.05) is 13.8 Å². The molecule has 0 heterocycles. The molecule has 82 valence electrons. The number of nitrogens with two attached hydrogens (primary N) is 1. The molecule has 0 aliphatic carbocycles. The molecule has 0 spiro atoms. The van der Waals surface area contributed by atoms with Gasteiger partial charge >= 0.3 is 5.97 Å². The first-order valence-electron chi connectivity index (χ1n) is 4.73. The third-order valence-electron chi connectivity index (χ3n) is 1.80. The molecule has 0 saturated heterocycles. The summed E-state index contributed by atoms with van der Waals surface area (Å²) in [5.74, 6) is -1.15. The smallest absolute Gasteiger partial charge is 0.343 e. The third-order valence-corrected chi connectivity index (χ3v) is 1.80. The predicted molar refractivity (Wildman–Crippen MR) is 55.9 cm³/mol. The van der Waals surface area contributed by atoms with Crippen LogP contribution in [0.15, 0.2) is 18.2 Å². The van der Waals surface area contributed by atoms with Crippen LogP contribution in [-0.2, 0) is 4.74 Å². The summed E-state index contributed by atoms with van der Waals surface area (Å²) in [6.07, 6.45) is 0. The van der Waals surface area contributed by atoms with Crippen molar-refractivity contribution in [1.29, 1.82) is 0 Å². The minimum absolute atomic E-state index is 0.101. The van der Waals surface area contributed by atoms with Crippen LogP contribution >= 0.6 is 0 Å². The summed E-state index contributed by atoms with van der Waals surface area (Å²) in [5, 5.41) is 0. The maximum atomic E-state index is 13.2. The highest BCUT2D eigenvalue weighted by Crippen LogP contribution is 2.16. The largest absolute Gasteiger partial charge is 0.462 e. The number of rotatable bonds is 3. The molecule has 2 N–H and O–H groups in total. The Morgan fingerprint density at radius 2 is 2.20 bits per heavy atom. The van der Waals surface area contributed by atoms with Crippen molar-refractivity contribution in [1.82, 2.24) is 0 Å². The average Bonchev–Trinajstić information content (AvgIpc) is 2.14. The Hall–Kier alpha value is -1.58. The highest BCUT2D eigenvalue weighted by atomic mass is 19.1. The third kappa shape index (κ3) is 2.94. The lowest BCUT2D eigenvalue weighted by Gasteiger charge is -2.09. The van der Waals surface area contributed by atoms with E-state index in [4.69, 9.17) is 10.5 Å². The van der Waals surface area contributed by atoms with Crippen molar-refractivity contribution in [2.24, 2.45) is 5.92 Å². The van der Waals surface area contributed by atoms with Crippen molar-refractivity contribution < 1.29 is 13.9 Å². The molecular weight excluding hydrogens is 197 g/mol. The quantitative estimate of drug-likeness (QED) is 0.616. The summed E-state index contributed by atoms with van der Waals surface area (Å²) in [6.45, 7) is 4.06. The van der Waals surface area contributed by atoms with E-state index >= 15 is 0 Å². The van der Waals surface area contributed by atoms with E-state index in [0.717, 1.165) is 0 Å². The van der Waals surface area contributed by atoms with Gasteiger partial charge in [0.1, 0.15) is 11.4 Å². The highest BCUT2D eigenvalue weighted by molar-refractivity contribution is 5.95. The SMILES string of the molecule is CC(C)COC(=O)c1c(N)cccc1F. The minimum atomic E-state index is -0.709. The number of carbonyl (C=O) groups is 1. The second-order valence-corrected chi connectivity index (χ2v) is 3.70. The van der Waals surface area contributed by atoms with Crippen LogP contribution in [0.1, 0.15) is 24.2 Å². The van der Waals surface area contributed by atoms with Gasteiger partial charge < -0.3 is 10.5 Å². The average molecular weight is 211 g/mol. The van der Waals surface area contributed by atoms with Crippen molar-refractivity contribution in [2.45, 2.75) is 13.8 Å². The summed E-state index contributed by atoms with van der Waals surface area (Å²) in [4.78, 5) is 11.4. The zero-order chi connectivity index (χ0) is 11.4. The van der Waals surface area contributed by atoms with E-state index in [2.05, 4.69) is 0 Å². The van der Waals surface area contributed by atoms with Crippen LogP contribution in [0.3, 0.4) is 0 Å². The molecular formula is C11H14FNO2. The summed E-state index contributed by atoms with van der Waals surface area (Å²) < 4.78 is 18.1. The Labute approximate surface area is 88.0 Å². The molecule has 1 aromatic rings. The Balaban J connectivity index is 2.82. The van der Waals surface area contributed by atoms with Crippen LogP contribution < -0.4 is 5.73 Å². The molecule has 0 fully saturated rings. The van der Waals surface area contributed by atoms with Gasteiger partial charge in [0.05, 0.1) is 6.61 Å². The molecule has 15 heavy (non-hydrogen) atoms. The van der Waals surface area contributed by atoms with Gasteiger partial charge in [0.2, 0.25) is 0 Å². The number of hydrogen-bond donors (Lipinski definition) is 1. The van der Waals surface area contributed by atoms with Crippen molar-refractivity contribution in [3.63, 3.8) is 0 Å². The molecule has 0 unspecified atom stereocenters. The predicted octanol–water partition coefficient (Wildman–Crippen LogP) is 2.22. The summed E-state index contributed by atoms with van der Waals surface area (Å²) in [7, 11) is 0. The van der Waals surface area contributed by atoms with E-state index in [9.17, 15) is 9.18 Å². The second-order valence-electron chi connectivity index (χ2n) is 3.70. The number of benzene rings is 1. The van der Waals surface area contributed by atoms with Crippen LogP contribution in [-0.4, -0.2) is 12.6 Å². The van der Waals surface area contributed by atoms with Crippen LogP contribution in [0, 0.1) is 11.7 Å². The first-order chi connectivity index (χ1) is 7.02. The zero-order valence-electron chi connectivity index (χ0n) is 8.79. The standard InChI is InChI=1S/C11H14FNO2/c1-7(2)6-15-11(14)10-8(12)4-3-5-9(10)13/h3-5,7H,6,13H2,1-2H3. The van der Waals surface area contributed by atoms with Gasteiger partial charge in [-0.15, -0.1) is 0 Å². The summed E-state index contributed by atoms with van der Waals surface area (Å²) >= 11 is 0. The van der Waals surface area contributed by atoms with Gasteiger partial charge in [0.25, 0.3) is 0 Å². The minimum Gasteiger partial charge on any atom is -0.462 e. The monoisotopic (exact) mass is 211 g/mol. The lowest BCUT2D eigenvalue weighted by atomic mass is 10.1. The Bertz CT molecular complexity index is 343. The number of halogens is 1. The fourth-order valence-electron chi connectivity index (χ4n) is 1.07. The molecule has 0 amide bonds. The van der Waals surface area contributed by atoms with E-state index in [0.29, 0.717) is 0 Å². The molecule has 1 rings (SSSR count). The molecule has 4 heteroatoms. The molecule has 0 aromatic heterocycles. The van der Waals surface area contributed by atoms with Gasteiger partial charge in [0, 0.05) is 5.69 Å². The number of esters is 1.